The molecule has 134 valence electrons. The number of sulfonamides is 1. The van der Waals surface area contributed by atoms with Crippen LogP contribution in [0.2, 0.25) is 10.0 Å². The standard InChI is InChI=1S/C17H18Cl2N2O3S/c1-12-5-3-4-6-16(12)20-17(22)11-21(25(2,23)24)10-13-7-8-14(18)15(19)9-13/h3-9H,10-11H2,1-2H3,(H,20,22). The average Bonchev–Trinajstić information content (AvgIpc) is 2.51. The first-order valence-corrected chi connectivity index (χ1v) is 10.0. The predicted molar refractivity (Wildman–Crippen MR) is 102 cm³/mol. The van der Waals surface area contributed by atoms with E-state index in [2.05, 4.69) is 5.32 Å². The number of nitrogens with one attached hydrogen (secondary N) is 1. The second-order valence-electron chi connectivity index (χ2n) is 5.64. The molecular formula is C17H18Cl2N2O3S. The van der Waals surface area contributed by atoms with Gasteiger partial charge in [-0.05, 0) is 36.2 Å². The van der Waals surface area contributed by atoms with Gasteiger partial charge in [-0.3, -0.25) is 4.79 Å². The fourth-order valence-electron chi connectivity index (χ4n) is 2.20. The van der Waals surface area contributed by atoms with Crippen molar-refractivity contribution in [1.29, 1.82) is 0 Å². The largest absolute Gasteiger partial charge is 0.325 e. The van der Waals surface area contributed by atoms with Gasteiger partial charge in [0.05, 0.1) is 22.8 Å². The van der Waals surface area contributed by atoms with Gasteiger partial charge in [0.15, 0.2) is 0 Å². The minimum Gasteiger partial charge on any atom is -0.325 e. The van der Waals surface area contributed by atoms with Gasteiger partial charge in [0.25, 0.3) is 0 Å². The fraction of sp³-hybridized carbons (Fsp3) is 0.235. The van der Waals surface area contributed by atoms with E-state index >= 15 is 0 Å². The van der Waals surface area contributed by atoms with E-state index in [1.807, 2.05) is 19.1 Å². The molecule has 2 aromatic carbocycles. The van der Waals surface area contributed by atoms with Gasteiger partial charge < -0.3 is 5.32 Å². The van der Waals surface area contributed by atoms with Crippen LogP contribution in [0.25, 0.3) is 0 Å². The smallest absolute Gasteiger partial charge is 0.239 e. The minimum atomic E-state index is -3.59. The Hall–Kier alpha value is -1.60. The molecule has 0 aliphatic carbocycles. The maximum atomic E-state index is 12.3. The third-order valence-electron chi connectivity index (χ3n) is 3.55. The van der Waals surface area contributed by atoms with Crippen molar-refractivity contribution in [2.75, 3.05) is 18.1 Å². The first-order chi connectivity index (χ1) is 11.7. The highest BCUT2D eigenvalue weighted by Crippen LogP contribution is 2.23. The Balaban J connectivity index is 2.14. The van der Waals surface area contributed by atoms with E-state index in [0.29, 0.717) is 21.3 Å². The summed E-state index contributed by atoms with van der Waals surface area (Å²) in [5, 5.41) is 3.44. The van der Waals surface area contributed by atoms with Gasteiger partial charge >= 0.3 is 0 Å². The Morgan fingerprint density at radius 3 is 2.40 bits per heavy atom. The lowest BCUT2D eigenvalue weighted by Crippen LogP contribution is -2.37. The number of hydrogen-bond acceptors (Lipinski definition) is 3. The van der Waals surface area contributed by atoms with Crippen LogP contribution in [0.15, 0.2) is 42.5 Å². The van der Waals surface area contributed by atoms with Crippen LogP contribution in [-0.2, 0) is 21.4 Å². The summed E-state index contributed by atoms with van der Waals surface area (Å²) in [6.07, 6.45) is 1.06. The normalized spacial score (nSPS) is 11.6. The molecule has 0 aromatic heterocycles. The summed E-state index contributed by atoms with van der Waals surface area (Å²) in [7, 11) is -3.59. The molecule has 0 spiro atoms. The number of amides is 1. The van der Waals surface area contributed by atoms with Crippen LogP contribution in [0.5, 0.6) is 0 Å². The molecule has 0 fully saturated rings. The van der Waals surface area contributed by atoms with Gasteiger partial charge in [-0.15, -0.1) is 0 Å². The molecule has 25 heavy (non-hydrogen) atoms. The van der Waals surface area contributed by atoms with Crippen molar-refractivity contribution in [3.05, 3.63) is 63.6 Å². The molecule has 0 aliphatic rings. The maximum Gasteiger partial charge on any atom is 0.239 e. The zero-order valence-electron chi connectivity index (χ0n) is 13.8. The van der Waals surface area contributed by atoms with Crippen molar-refractivity contribution in [3.8, 4) is 0 Å². The molecule has 0 radical (unpaired) electrons. The first-order valence-electron chi connectivity index (χ1n) is 7.41. The molecule has 0 unspecified atom stereocenters. The SMILES string of the molecule is Cc1ccccc1NC(=O)CN(Cc1ccc(Cl)c(Cl)c1)S(C)(=O)=O. The van der Waals surface area contributed by atoms with Crippen LogP contribution in [0, 0.1) is 6.92 Å². The highest BCUT2D eigenvalue weighted by Gasteiger charge is 2.21. The molecule has 2 rings (SSSR count). The maximum absolute atomic E-state index is 12.3. The molecule has 0 aliphatic heterocycles. The minimum absolute atomic E-state index is 0.0247. The van der Waals surface area contributed by atoms with Crippen molar-refractivity contribution in [2.45, 2.75) is 13.5 Å². The number of benzene rings is 2. The Labute approximate surface area is 157 Å². The molecule has 1 amide bonds. The van der Waals surface area contributed by atoms with Crippen LogP contribution < -0.4 is 5.32 Å². The second kappa shape index (κ2) is 8.19. The van der Waals surface area contributed by atoms with Crippen molar-refractivity contribution < 1.29 is 13.2 Å². The predicted octanol–water partition coefficient (Wildman–Crippen LogP) is 3.70. The molecule has 8 heteroatoms. The summed E-state index contributed by atoms with van der Waals surface area (Å²) in [6.45, 7) is 1.59. The number of hydrogen-bond donors (Lipinski definition) is 1. The van der Waals surface area contributed by atoms with Gasteiger partial charge in [0.1, 0.15) is 0 Å². The molecule has 0 saturated carbocycles. The van der Waals surface area contributed by atoms with Gasteiger partial charge in [-0.2, -0.15) is 4.31 Å². The molecule has 0 atom stereocenters. The summed E-state index contributed by atoms with van der Waals surface area (Å²) in [6, 6.07) is 12.1. The quantitative estimate of drug-likeness (QED) is 0.803. The fourth-order valence-corrected chi connectivity index (χ4v) is 3.25. The van der Waals surface area contributed by atoms with Gasteiger partial charge in [-0.1, -0.05) is 47.5 Å². The average molecular weight is 401 g/mol. The lowest BCUT2D eigenvalue weighted by atomic mass is 10.2. The molecule has 0 saturated heterocycles. The Morgan fingerprint density at radius 1 is 1.12 bits per heavy atom. The molecule has 2 aromatic rings. The zero-order chi connectivity index (χ0) is 18.6. The van der Waals surface area contributed by atoms with Crippen molar-refractivity contribution in [2.24, 2.45) is 0 Å². The molecule has 1 N–H and O–H groups in total. The summed E-state index contributed by atoms with van der Waals surface area (Å²) < 4.78 is 25.1. The first kappa shape index (κ1) is 19.7. The lowest BCUT2D eigenvalue weighted by molar-refractivity contribution is -0.116. The van der Waals surface area contributed by atoms with E-state index in [9.17, 15) is 13.2 Å². The Kier molecular flexibility index (Phi) is 6.46. The number of nitrogens with zero attached hydrogens (tertiary/aromatic N) is 1. The van der Waals surface area contributed by atoms with E-state index in [-0.39, 0.29) is 13.1 Å². The van der Waals surface area contributed by atoms with Crippen LogP contribution in [0.3, 0.4) is 0 Å². The number of halogens is 2. The Bertz CT molecular complexity index is 885. The molecule has 0 bridgehead atoms. The van der Waals surface area contributed by atoms with Crippen molar-refractivity contribution >= 4 is 44.8 Å². The monoisotopic (exact) mass is 400 g/mol. The van der Waals surface area contributed by atoms with Crippen LogP contribution >= 0.6 is 23.2 Å². The third kappa shape index (κ3) is 5.71. The van der Waals surface area contributed by atoms with Crippen molar-refractivity contribution in [1.82, 2.24) is 4.31 Å². The van der Waals surface area contributed by atoms with Crippen molar-refractivity contribution in [3.63, 3.8) is 0 Å². The van der Waals surface area contributed by atoms with Crippen LogP contribution in [0.1, 0.15) is 11.1 Å². The van der Waals surface area contributed by atoms with Gasteiger partial charge in [0.2, 0.25) is 15.9 Å². The summed E-state index contributed by atoms with van der Waals surface area (Å²) >= 11 is 11.8. The summed E-state index contributed by atoms with van der Waals surface area (Å²) in [4.78, 5) is 12.3. The van der Waals surface area contributed by atoms with E-state index in [1.54, 1.807) is 30.3 Å². The number of para-hydroxylation sites is 1. The lowest BCUT2D eigenvalue weighted by Gasteiger charge is -2.20. The van der Waals surface area contributed by atoms with E-state index < -0.39 is 15.9 Å². The van der Waals surface area contributed by atoms with E-state index in [4.69, 9.17) is 23.2 Å². The van der Waals surface area contributed by atoms with E-state index in [1.165, 1.54) is 0 Å². The van der Waals surface area contributed by atoms with Gasteiger partial charge in [0, 0.05) is 12.2 Å². The number of aryl methyl sites for hydroxylation is 1. The third-order valence-corrected chi connectivity index (χ3v) is 5.49. The number of carbonyl (C=O) groups excluding carboxylic acids is 1. The number of carbonyl (C=O) groups is 1. The van der Waals surface area contributed by atoms with E-state index in [0.717, 1.165) is 16.1 Å². The zero-order valence-corrected chi connectivity index (χ0v) is 16.1. The molecular weight excluding hydrogens is 383 g/mol. The highest BCUT2D eigenvalue weighted by molar-refractivity contribution is 7.88. The summed E-state index contributed by atoms with van der Waals surface area (Å²) in [5.41, 5.74) is 2.19. The summed E-state index contributed by atoms with van der Waals surface area (Å²) in [5.74, 6) is -0.417. The van der Waals surface area contributed by atoms with Crippen LogP contribution in [0.4, 0.5) is 5.69 Å². The number of rotatable bonds is 6. The highest BCUT2D eigenvalue weighted by atomic mass is 35.5. The van der Waals surface area contributed by atoms with Gasteiger partial charge in [-0.25, -0.2) is 8.42 Å². The van der Waals surface area contributed by atoms with Crippen LogP contribution in [-0.4, -0.2) is 31.4 Å². The molecule has 5 nitrogen and oxygen atoms in total. The topological polar surface area (TPSA) is 66.5 Å². The number of anilines is 1. The Morgan fingerprint density at radius 2 is 1.80 bits per heavy atom. The molecule has 0 heterocycles. The second-order valence-corrected chi connectivity index (χ2v) is 8.44.